The zero-order chi connectivity index (χ0) is 17.4. The molecular formula is C13H20N2O6S2. The highest BCUT2D eigenvalue weighted by molar-refractivity contribution is 7.91. The third kappa shape index (κ3) is 3.60. The minimum absolute atomic E-state index is 0.0438. The highest BCUT2D eigenvalue weighted by atomic mass is 32.2. The normalized spacial score (nSPS) is 22.0. The molecule has 2 rings (SSSR count). The number of primary sulfonamides is 1. The average Bonchev–Trinajstić information content (AvgIpc) is 2.83. The molecule has 1 aromatic heterocycles. The number of hydrogen-bond acceptors (Lipinski definition) is 7. The Morgan fingerprint density at radius 2 is 1.74 bits per heavy atom. The first-order chi connectivity index (χ1) is 10.7. The molecule has 0 unspecified atom stereocenters. The van der Waals surface area contributed by atoms with Crippen LogP contribution in [0.1, 0.15) is 23.5 Å². The number of methoxy groups -OCH3 is 2. The molecule has 0 aromatic carbocycles. The van der Waals surface area contributed by atoms with Gasteiger partial charge in [0.15, 0.2) is 15.7 Å². The maximum absolute atomic E-state index is 12.8. The second kappa shape index (κ2) is 6.63. The van der Waals surface area contributed by atoms with Gasteiger partial charge in [-0.1, -0.05) is 0 Å². The van der Waals surface area contributed by atoms with Crippen molar-refractivity contribution >= 4 is 27.3 Å². The summed E-state index contributed by atoms with van der Waals surface area (Å²) in [6.45, 7) is 4.57. The highest BCUT2D eigenvalue weighted by Gasteiger charge is 2.34. The minimum atomic E-state index is -4.03. The predicted molar refractivity (Wildman–Crippen MR) is 84.7 cm³/mol. The van der Waals surface area contributed by atoms with Gasteiger partial charge in [0, 0.05) is 13.1 Å². The Labute approximate surface area is 139 Å². The lowest BCUT2D eigenvalue weighted by atomic mass is 10.2. The van der Waals surface area contributed by atoms with Crippen molar-refractivity contribution in [3.63, 3.8) is 0 Å². The van der Waals surface area contributed by atoms with Gasteiger partial charge < -0.3 is 19.1 Å². The van der Waals surface area contributed by atoms with E-state index in [4.69, 9.17) is 19.3 Å². The van der Waals surface area contributed by atoms with Crippen LogP contribution in [-0.4, -0.2) is 58.7 Å². The Bertz CT molecular complexity index is 690. The summed E-state index contributed by atoms with van der Waals surface area (Å²) in [5.74, 6) is -0.293. The van der Waals surface area contributed by atoms with Crippen LogP contribution < -0.4 is 14.6 Å². The molecule has 2 N–H and O–H groups in total. The maximum Gasteiger partial charge on any atom is 0.268 e. The number of amides is 1. The van der Waals surface area contributed by atoms with Gasteiger partial charge in [0.25, 0.3) is 15.9 Å². The lowest BCUT2D eigenvalue weighted by molar-refractivity contribution is -0.0585. The summed E-state index contributed by atoms with van der Waals surface area (Å²) >= 11 is 0.751. The van der Waals surface area contributed by atoms with E-state index >= 15 is 0 Å². The first kappa shape index (κ1) is 18.0. The molecule has 2 heterocycles. The molecule has 1 aromatic rings. The summed E-state index contributed by atoms with van der Waals surface area (Å²) in [6, 6.07) is 0. The van der Waals surface area contributed by atoms with Crippen molar-refractivity contribution < 1.29 is 27.4 Å². The number of thiophene rings is 1. The molecule has 130 valence electrons. The van der Waals surface area contributed by atoms with Gasteiger partial charge in [-0.05, 0) is 13.8 Å². The van der Waals surface area contributed by atoms with E-state index in [0.717, 1.165) is 11.3 Å². The van der Waals surface area contributed by atoms with Gasteiger partial charge in [0.05, 0.1) is 26.4 Å². The number of ether oxygens (including phenoxy) is 3. The van der Waals surface area contributed by atoms with E-state index in [2.05, 4.69) is 0 Å². The smallest absolute Gasteiger partial charge is 0.268 e. The fourth-order valence-electron chi connectivity index (χ4n) is 2.56. The number of rotatable bonds is 4. The third-order valence-corrected chi connectivity index (χ3v) is 5.94. The largest absolute Gasteiger partial charge is 0.491 e. The first-order valence-corrected chi connectivity index (χ1v) is 9.27. The Hall–Kier alpha value is -1.36. The Balaban J connectivity index is 2.46. The van der Waals surface area contributed by atoms with Crippen LogP contribution >= 0.6 is 11.3 Å². The fraction of sp³-hybridized carbons (Fsp3) is 0.615. The van der Waals surface area contributed by atoms with Crippen molar-refractivity contribution in [2.45, 2.75) is 30.3 Å². The van der Waals surface area contributed by atoms with E-state index in [1.165, 1.54) is 14.2 Å². The maximum atomic E-state index is 12.8. The molecule has 0 radical (unpaired) electrons. The van der Waals surface area contributed by atoms with Crippen LogP contribution in [0.15, 0.2) is 4.21 Å². The third-order valence-electron chi connectivity index (χ3n) is 3.36. The van der Waals surface area contributed by atoms with Gasteiger partial charge in [-0.3, -0.25) is 4.79 Å². The molecule has 0 spiro atoms. The average molecular weight is 364 g/mol. The van der Waals surface area contributed by atoms with Gasteiger partial charge in [0.1, 0.15) is 4.88 Å². The molecule has 0 aliphatic carbocycles. The van der Waals surface area contributed by atoms with Crippen LogP contribution in [-0.2, 0) is 14.8 Å². The summed E-state index contributed by atoms with van der Waals surface area (Å²) in [5, 5.41) is 5.19. The number of hydrogen-bond donors (Lipinski definition) is 1. The van der Waals surface area contributed by atoms with Crippen molar-refractivity contribution in [2.24, 2.45) is 5.14 Å². The number of carbonyl (C=O) groups excluding carboxylic acids is 1. The van der Waals surface area contributed by atoms with Crippen LogP contribution in [0.3, 0.4) is 0 Å². The van der Waals surface area contributed by atoms with E-state index in [1.54, 1.807) is 4.90 Å². The zero-order valence-electron chi connectivity index (χ0n) is 13.4. The topological polar surface area (TPSA) is 108 Å². The van der Waals surface area contributed by atoms with Crippen molar-refractivity contribution in [1.82, 2.24) is 4.90 Å². The molecule has 1 aliphatic rings. The van der Waals surface area contributed by atoms with Gasteiger partial charge in [-0.2, -0.15) is 0 Å². The second-order valence-electron chi connectivity index (χ2n) is 5.30. The van der Waals surface area contributed by atoms with Gasteiger partial charge in [-0.15, -0.1) is 11.3 Å². The van der Waals surface area contributed by atoms with Crippen molar-refractivity contribution in [3.05, 3.63) is 4.88 Å². The highest BCUT2D eigenvalue weighted by Crippen LogP contribution is 2.44. The second-order valence-corrected chi connectivity index (χ2v) is 8.07. The molecule has 1 fully saturated rings. The monoisotopic (exact) mass is 364 g/mol. The number of nitrogens with two attached hydrogens (primary N) is 1. The Morgan fingerprint density at radius 3 is 2.17 bits per heavy atom. The summed E-state index contributed by atoms with van der Waals surface area (Å²) in [5.41, 5.74) is 0. The van der Waals surface area contributed by atoms with Gasteiger partial charge in [0.2, 0.25) is 0 Å². The zero-order valence-corrected chi connectivity index (χ0v) is 15.0. The molecule has 23 heavy (non-hydrogen) atoms. The van der Waals surface area contributed by atoms with Crippen LogP contribution in [0.2, 0.25) is 0 Å². The molecular weight excluding hydrogens is 344 g/mol. The lowest BCUT2D eigenvalue weighted by Crippen LogP contribution is -2.48. The Morgan fingerprint density at radius 1 is 1.22 bits per heavy atom. The molecule has 0 saturated carbocycles. The molecule has 1 amide bonds. The van der Waals surface area contributed by atoms with E-state index in [9.17, 15) is 13.2 Å². The van der Waals surface area contributed by atoms with Crippen LogP contribution in [0.4, 0.5) is 0 Å². The number of nitrogens with zero attached hydrogens (tertiary/aromatic N) is 1. The van der Waals surface area contributed by atoms with E-state index in [0.29, 0.717) is 13.1 Å². The number of sulfonamides is 1. The predicted octanol–water partition coefficient (Wildman–Crippen LogP) is 0.662. The Kier molecular flexibility index (Phi) is 5.19. The van der Waals surface area contributed by atoms with E-state index < -0.39 is 10.0 Å². The summed E-state index contributed by atoms with van der Waals surface area (Å²) in [6.07, 6.45) is -0.207. The molecule has 8 nitrogen and oxygen atoms in total. The quantitative estimate of drug-likeness (QED) is 0.841. The summed E-state index contributed by atoms with van der Waals surface area (Å²) < 4.78 is 39.1. The molecule has 0 bridgehead atoms. The number of morpholine rings is 1. The summed E-state index contributed by atoms with van der Waals surface area (Å²) in [7, 11) is -1.38. The molecule has 2 atom stereocenters. The van der Waals surface area contributed by atoms with Crippen molar-refractivity contribution in [3.8, 4) is 11.5 Å². The van der Waals surface area contributed by atoms with Gasteiger partial charge in [-0.25, -0.2) is 13.6 Å². The van der Waals surface area contributed by atoms with Crippen LogP contribution in [0.5, 0.6) is 11.5 Å². The van der Waals surface area contributed by atoms with E-state index in [-0.39, 0.29) is 38.7 Å². The van der Waals surface area contributed by atoms with Crippen molar-refractivity contribution in [1.29, 1.82) is 0 Å². The fourth-order valence-corrected chi connectivity index (χ4v) is 4.65. The van der Waals surface area contributed by atoms with E-state index in [1.807, 2.05) is 13.8 Å². The lowest BCUT2D eigenvalue weighted by Gasteiger charge is -2.35. The SMILES string of the molecule is COc1c(C(=O)N2C[C@@H](C)O[C@@H](C)C2)sc(S(N)(=O)=O)c1OC. The van der Waals surface area contributed by atoms with Gasteiger partial charge >= 0.3 is 0 Å². The molecule has 1 saturated heterocycles. The molecule has 10 heteroatoms. The summed E-state index contributed by atoms with van der Waals surface area (Å²) in [4.78, 5) is 14.5. The molecule has 1 aliphatic heterocycles. The minimum Gasteiger partial charge on any atom is -0.491 e. The van der Waals surface area contributed by atoms with Crippen LogP contribution in [0.25, 0.3) is 0 Å². The van der Waals surface area contributed by atoms with Crippen LogP contribution in [0, 0.1) is 0 Å². The number of carbonyl (C=O) groups is 1. The first-order valence-electron chi connectivity index (χ1n) is 6.91. The standard InChI is InChI=1S/C13H20N2O6S2/c1-7-5-15(6-8(2)21-7)12(16)11-9(19-3)10(20-4)13(22-11)23(14,17)18/h7-8H,5-6H2,1-4H3,(H2,14,17,18)/t7-,8+. The van der Waals surface area contributed by atoms with Crippen molar-refractivity contribution in [2.75, 3.05) is 27.3 Å².